The lowest BCUT2D eigenvalue weighted by Crippen LogP contribution is -2.18. The fourth-order valence-electron chi connectivity index (χ4n) is 1.72. The third kappa shape index (κ3) is 1.68. The van der Waals surface area contributed by atoms with E-state index in [1.165, 1.54) is 12.3 Å². The molecule has 16 heavy (non-hydrogen) atoms. The van der Waals surface area contributed by atoms with Crippen molar-refractivity contribution < 1.29 is 18.3 Å². The van der Waals surface area contributed by atoms with Crippen LogP contribution in [0, 0.1) is 11.6 Å². The maximum Gasteiger partial charge on any atom is 0.170 e. The summed E-state index contributed by atoms with van der Waals surface area (Å²) in [4.78, 5) is 0. The van der Waals surface area contributed by atoms with Crippen molar-refractivity contribution in [2.24, 2.45) is 0 Å². The molecule has 1 heterocycles. The lowest BCUT2D eigenvalue weighted by Gasteiger charge is -2.12. The summed E-state index contributed by atoms with van der Waals surface area (Å²) in [6, 6.07) is 2.16. The topological polar surface area (TPSA) is 45.4 Å². The predicted octanol–water partition coefficient (Wildman–Crippen LogP) is 1.96. The highest BCUT2D eigenvalue weighted by Crippen LogP contribution is 2.29. The van der Waals surface area contributed by atoms with Crippen LogP contribution >= 0.6 is 0 Å². The number of aliphatic hydroxyl groups is 1. The second kappa shape index (κ2) is 4.19. The Morgan fingerprint density at radius 2 is 2.19 bits per heavy atom. The van der Waals surface area contributed by atoms with Crippen molar-refractivity contribution >= 4 is 11.0 Å². The monoisotopic (exact) mass is 227 g/mol. The van der Waals surface area contributed by atoms with Crippen LogP contribution in [0.4, 0.5) is 8.78 Å². The van der Waals surface area contributed by atoms with Crippen molar-refractivity contribution in [1.29, 1.82) is 0 Å². The van der Waals surface area contributed by atoms with Gasteiger partial charge in [0.25, 0.3) is 0 Å². The van der Waals surface area contributed by atoms with Crippen LogP contribution in [0.3, 0.4) is 0 Å². The predicted molar refractivity (Wildman–Crippen MR) is 55.0 cm³/mol. The highest BCUT2D eigenvalue weighted by Gasteiger charge is 2.20. The van der Waals surface area contributed by atoms with E-state index in [0.717, 1.165) is 6.07 Å². The molecule has 0 bridgehead atoms. The van der Waals surface area contributed by atoms with Crippen molar-refractivity contribution in [2.45, 2.75) is 6.10 Å². The van der Waals surface area contributed by atoms with Gasteiger partial charge >= 0.3 is 0 Å². The van der Waals surface area contributed by atoms with Crippen LogP contribution in [0.5, 0.6) is 0 Å². The van der Waals surface area contributed by atoms with Crippen LogP contribution < -0.4 is 5.32 Å². The van der Waals surface area contributed by atoms with Gasteiger partial charge in [-0.2, -0.15) is 0 Å². The van der Waals surface area contributed by atoms with Gasteiger partial charge in [0.2, 0.25) is 0 Å². The SMILES string of the molecule is CNCC(O)c1c(F)cc(F)c2occc12. The van der Waals surface area contributed by atoms with Gasteiger partial charge in [-0.25, -0.2) is 8.78 Å². The van der Waals surface area contributed by atoms with Gasteiger partial charge < -0.3 is 14.8 Å². The molecule has 0 fully saturated rings. The summed E-state index contributed by atoms with van der Waals surface area (Å²) in [7, 11) is 1.64. The van der Waals surface area contributed by atoms with E-state index in [1.807, 2.05) is 0 Å². The van der Waals surface area contributed by atoms with E-state index in [1.54, 1.807) is 7.05 Å². The quantitative estimate of drug-likeness (QED) is 0.842. The number of nitrogens with one attached hydrogen (secondary N) is 1. The first kappa shape index (κ1) is 11.0. The third-order valence-electron chi connectivity index (χ3n) is 2.41. The largest absolute Gasteiger partial charge is 0.461 e. The molecule has 0 radical (unpaired) electrons. The Balaban J connectivity index is 2.63. The summed E-state index contributed by atoms with van der Waals surface area (Å²) < 4.78 is 31.7. The second-order valence-electron chi connectivity index (χ2n) is 3.49. The summed E-state index contributed by atoms with van der Waals surface area (Å²) in [5.41, 5.74) is 0.0195. The zero-order chi connectivity index (χ0) is 11.7. The van der Waals surface area contributed by atoms with Crippen LogP contribution in [0.15, 0.2) is 22.8 Å². The Labute approximate surface area is 90.7 Å². The number of aliphatic hydroxyl groups excluding tert-OH is 1. The Morgan fingerprint density at radius 3 is 2.88 bits per heavy atom. The highest BCUT2D eigenvalue weighted by molar-refractivity contribution is 5.82. The summed E-state index contributed by atoms with van der Waals surface area (Å²) in [5.74, 6) is -1.54. The lowest BCUT2D eigenvalue weighted by molar-refractivity contribution is 0.174. The standard InChI is InChI=1S/C11H11F2NO2/c1-14-5-9(15)10-6-2-3-16-11(6)8(13)4-7(10)12/h2-4,9,14-15H,5H2,1H3. The van der Waals surface area contributed by atoms with Gasteiger partial charge in [0.1, 0.15) is 5.82 Å². The smallest absolute Gasteiger partial charge is 0.170 e. The molecule has 0 amide bonds. The van der Waals surface area contributed by atoms with E-state index in [0.29, 0.717) is 0 Å². The number of fused-ring (bicyclic) bond motifs is 1. The molecule has 1 atom stereocenters. The van der Waals surface area contributed by atoms with Crippen LogP contribution in [0.25, 0.3) is 11.0 Å². The molecular formula is C11H11F2NO2. The molecule has 3 nitrogen and oxygen atoms in total. The van der Waals surface area contributed by atoms with Crippen LogP contribution in [0.2, 0.25) is 0 Å². The van der Waals surface area contributed by atoms with Crippen molar-refractivity contribution in [3.8, 4) is 0 Å². The molecule has 1 unspecified atom stereocenters. The minimum absolute atomic E-state index is 0.0356. The lowest BCUT2D eigenvalue weighted by atomic mass is 10.0. The van der Waals surface area contributed by atoms with Crippen molar-refractivity contribution in [3.05, 3.63) is 35.6 Å². The molecular weight excluding hydrogens is 216 g/mol. The van der Waals surface area contributed by atoms with Crippen molar-refractivity contribution in [1.82, 2.24) is 5.32 Å². The van der Waals surface area contributed by atoms with Crippen LogP contribution in [-0.4, -0.2) is 18.7 Å². The fraction of sp³-hybridized carbons (Fsp3) is 0.273. The van der Waals surface area contributed by atoms with Crippen molar-refractivity contribution in [3.63, 3.8) is 0 Å². The average molecular weight is 227 g/mol. The highest BCUT2D eigenvalue weighted by atomic mass is 19.1. The molecule has 0 saturated heterocycles. The normalized spacial score (nSPS) is 13.2. The van der Waals surface area contributed by atoms with Gasteiger partial charge in [0.15, 0.2) is 11.4 Å². The summed E-state index contributed by atoms with van der Waals surface area (Å²) in [5, 5.41) is 12.7. The first-order chi connectivity index (χ1) is 7.65. The molecule has 1 aromatic carbocycles. The molecule has 86 valence electrons. The molecule has 0 aliphatic heterocycles. The number of rotatable bonds is 3. The number of likely N-dealkylation sites (N-methyl/N-ethyl adjacent to an activating group) is 1. The van der Waals surface area contributed by atoms with Crippen LogP contribution in [0.1, 0.15) is 11.7 Å². The number of furan rings is 1. The molecule has 2 rings (SSSR count). The van der Waals surface area contributed by atoms with E-state index in [2.05, 4.69) is 5.32 Å². The average Bonchev–Trinajstić information content (AvgIpc) is 2.66. The molecule has 2 N–H and O–H groups in total. The maximum atomic E-state index is 13.6. The maximum absolute atomic E-state index is 13.6. The van der Waals surface area contributed by atoms with E-state index >= 15 is 0 Å². The summed E-state index contributed by atoms with van der Waals surface area (Å²) in [6.07, 6.45) is 0.230. The van der Waals surface area contributed by atoms with E-state index < -0.39 is 17.7 Å². The molecule has 0 saturated carbocycles. The van der Waals surface area contributed by atoms with Gasteiger partial charge in [-0.05, 0) is 13.1 Å². The molecule has 1 aromatic heterocycles. The van der Waals surface area contributed by atoms with Crippen LogP contribution in [-0.2, 0) is 0 Å². The van der Waals surface area contributed by atoms with Gasteiger partial charge in [-0.1, -0.05) is 0 Å². The molecule has 0 spiro atoms. The summed E-state index contributed by atoms with van der Waals surface area (Å²) in [6.45, 7) is 0.183. The van der Waals surface area contributed by atoms with Gasteiger partial charge in [-0.15, -0.1) is 0 Å². The number of halogens is 2. The Morgan fingerprint density at radius 1 is 1.44 bits per heavy atom. The number of hydrogen-bond donors (Lipinski definition) is 2. The third-order valence-corrected chi connectivity index (χ3v) is 2.41. The molecule has 0 aliphatic rings. The zero-order valence-electron chi connectivity index (χ0n) is 8.63. The second-order valence-corrected chi connectivity index (χ2v) is 3.49. The van der Waals surface area contributed by atoms with E-state index in [4.69, 9.17) is 4.42 Å². The Bertz CT molecular complexity index is 510. The summed E-state index contributed by atoms with van der Waals surface area (Å²) >= 11 is 0. The minimum Gasteiger partial charge on any atom is -0.461 e. The van der Waals surface area contributed by atoms with E-state index in [-0.39, 0.29) is 23.1 Å². The Kier molecular flexibility index (Phi) is 2.89. The van der Waals surface area contributed by atoms with Gasteiger partial charge in [-0.3, -0.25) is 0 Å². The van der Waals surface area contributed by atoms with Gasteiger partial charge in [0.05, 0.1) is 12.4 Å². The van der Waals surface area contributed by atoms with Gasteiger partial charge in [0, 0.05) is 23.6 Å². The zero-order valence-corrected chi connectivity index (χ0v) is 8.63. The number of benzene rings is 1. The molecule has 0 aliphatic carbocycles. The van der Waals surface area contributed by atoms with E-state index in [9.17, 15) is 13.9 Å². The fourth-order valence-corrected chi connectivity index (χ4v) is 1.72. The molecule has 5 heteroatoms. The molecule has 2 aromatic rings. The first-order valence-electron chi connectivity index (χ1n) is 4.83. The van der Waals surface area contributed by atoms with Crippen molar-refractivity contribution in [2.75, 3.05) is 13.6 Å². The number of hydrogen-bond acceptors (Lipinski definition) is 3. The first-order valence-corrected chi connectivity index (χ1v) is 4.83. The minimum atomic E-state index is -1.04. The Hall–Kier alpha value is -1.46.